The normalized spacial score (nSPS) is 10.5. The highest BCUT2D eigenvalue weighted by Gasteiger charge is 2.17. The molecule has 4 aromatic rings. The van der Waals surface area contributed by atoms with Gasteiger partial charge in [0.15, 0.2) is 0 Å². The number of nitrogens with zero attached hydrogens (tertiary/aromatic N) is 3. The number of aromatic nitrogens is 2. The predicted molar refractivity (Wildman–Crippen MR) is 137 cm³/mol. The summed E-state index contributed by atoms with van der Waals surface area (Å²) in [7, 11) is 0. The van der Waals surface area contributed by atoms with E-state index in [4.69, 9.17) is 4.74 Å². The summed E-state index contributed by atoms with van der Waals surface area (Å²) in [6.07, 6.45) is 6.37. The van der Waals surface area contributed by atoms with Gasteiger partial charge in [0.1, 0.15) is 17.6 Å². The van der Waals surface area contributed by atoms with Crippen molar-refractivity contribution in [3.05, 3.63) is 78.1 Å². The monoisotopic (exact) mass is 468 g/mol. The number of aryl methyl sites for hydroxylation is 1. The minimum atomic E-state index is -0.260. The van der Waals surface area contributed by atoms with Crippen LogP contribution >= 0.6 is 0 Å². The lowest BCUT2D eigenvalue weighted by atomic mass is 10.1. The van der Waals surface area contributed by atoms with Crippen LogP contribution in [0.3, 0.4) is 0 Å². The molecule has 0 atom stereocenters. The smallest absolute Gasteiger partial charge is 0.319 e. The van der Waals surface area contributed by atoms with Crippen molar-refractivity contribution >= 4 is 28.6 Å². The molecule has 178 valence electrons. The Morgan fingerprint density at radius 3 is 2.54 bits per heavy atom. The van der Waals surface area contributed by atoms with Crippen LogP contribution in [0.2, 0.25) is 0 Å². The van der Waals surface area contributed by atoms with Crippen molar-refractivity contribution < 1.29 is 9.53 Å². The molecule has 8 heteroatoms. The number of anilines is 3. The summed E-state index contributed by atoms with van der Waals surface area (Å²) < 4.78 is 7.52. The van der Waals surface area contributed by atoms with Gasteiger partial charge in [-0.1, -0.05) is 38.0 Å². The number of amides is 2. The van der Waals surface area contributed by atoms with Crippen molar-refractivity contribution in [3.8, 4) is 17.6 Å². The Morgan fingerprint density at radius 2 is 1.83 bits per heavy atom. The Balaban J connectivity index is 1.55. The molecule has 35 heavy (non-hydrogen) atoms. The highest BCUT2D eigenvalue weighted by Crippen LogP contribution is 2.33. The van der Waals surface area contributed by atoms with E-state index in [0.717, 1.165) is 41.8 Å². The zero-order chi connectivity index (χ0) is 24.6. The van der Waals surface area contributed by atoms with Crippen LogP contribution in [-0.2, 0) is 0 Å². The Hall–Kier alpha value is -4.51. The molecule has 0 saturated heterocycles. The van der Waals surface area contributed by atoms with Crippen molar-refractivity contribution in [3.63, 3.8) is 0 Å². The van der Waals surface area contributed by atoms with Crippen LogP contribution < -0.4 is 20.7 Å². The van der Waals surface area contributed by atoms with Gasteiger partial charge in [0, 0.05) is 17.8 Å². The number of urea groups is 1. The number of rotatable bonds is 9. The number of nitrogens with one attached hydrogen (secondary N) is 3. The SMILES string of the molecule is CCCCCNC(=O)Nc1cn2ncc(C#N)c(Nc3ccc(Oc4ccccc4)cc3)c2c1C. The number of fused-ring (bicyclic) bond motifs is 1. The molecular formula is C27H28N6O2. The van der Waals surface area contributed by atoms with E-state index in [1.54, 1.807) is 10.7 Å². The van der Waals surface area contributed by atoms with Crippen LogP contribution in [0, 0.1) is 18.3 Å². The molecule has 2 heterocycles. The molecule has 2 aromatic carbocycles. The summed E-state index contributed by atoms with van der Waals surface area (Å²) in [5.41, 5.74) is 3.97. The van der Waals surface area contributed by atoms with E-state index in [1.165, 1.54) is 6.20 Å². The molecule has 2 aromatic heterocycles. The summed E-state index contributed by atoms with van der Waals surface area (Å²) in [6, 6.07) is 19.0. The lowest BCUT2D eigenvalue weighted by Gasteiger charge is -2.12. The molecule has 2 amide bonds. The van der Waals surface area contributed by atoms with Gasteiger partial charge < -0.3 is 20.7 Å². The Kier molecular flexibility index (Phi) is 7.48. The maximum absolute atomic E-state index is 12.3. The molecule has 0 radical (unpaired) electrons. The highest BCUT2D eigenvalue weighted by atomic mass is 16.5. The summed E-state index contributed by atoms with van der Waals surface area (Å²) >= 11 is 0. The first-order chi connectivity index (χ1) is 17.1. The Labute approximate surface area is 204 Å². The third kappa shape index (κ3) is 5.71. The summed E-state index contributed by atoms with van der Waals surface area (Å²) in [5, 5.41) is 23.2. The number of ether oxygens (including phenoxy) is 1. The average molecular weight is 469 g/mol. The third-order valence-electron chi connectivity index (χ3n) is 5.59. The Bertz CT molecular complexity index is 1340. The molecule has 0 saturated carbocycles. The van der Waals surface area contributed by atoms with Crippen LogP contribution in [0.15, 0.2) is 67.0 Å². The maximum Gasteiger partial charge on any atom is 0.319 e. The van der Waals surface area contributed by atoms with Crippen LogP contribution in [0.1, 0.15) is 37.3 Å². The molecule has 0 spiro atoms. The number of carbonyl (C=O) groups is 1. The standard InChI is InChI=1S/C27H28N6O2/c1-3-4-8-15-29-27(34)32-24-18-33-26(19(24)2)25(20(16-28)17-30-33)31-21-11-13-23(14-12-21)35-22-9-6-5-7-10-22/h5-7,9-14,17-18,31H,3-4,8,15H2,1-2H3,(H2,29,32,34). The number of para-hydroxylation sites is 1. The van der Waals surface area contributed by atoms with Gasteiger partial charge in [-0.15, -0.1) is 0 Å². The zero-order valence-electron chi connectivity index (χ0n) is 19.8. The molecule has 3 N–H and O–H groups in total. The number of nitriles is 1. The first kappa shape index (κ1) is 23.6. The molecule has 8 nitrogen and oxygen atoms in total. The van der Waals surface area contributed by atoms with Crippen molar-refractivity contribution in [1.82, 2.24) is 14.9 Å². The fraction of sp³-hybridized carbons (Fsp3) is 0.222. The van der Waals surface area contributed by atoms with Gasteiger partial charge in [-0.25, -0.2) is 9.31 Å². The van der Waals surface area contributed by atoms with Crippen molar-refractivity contribution in [2.75, 3.05) is 17.2 Å². The lowest BCUT2D eigenvalue weighted by Crippen LogP contribution is -2.29. The van der Waals surface area contributed by atoms with Crippen molar-refractivity contribution in [2.24, 2.45) is 0 Å². The van der Waals surface area contributed by atoms with E-state index in [2.05, 4.69) is 34.0 Å². The van der Waals surface area contributed by atoms with E-state index >= 15 is 0 Å². The maximum atomic E-state index is 12.3. The number of hydrogen-bond donors (Lipinski definition) is 3. The second-order valence-corrected chi connectivity index (χ2v) is 8.16. The van der Waals surface area contributed by atoms with E-state index in [-0.39, 0.29) is 6.03 Å². The second-order valence-electron chi connectivity index (χ2n) is 8.16. The first-order valence-corrected chi connectivity index (χ1v) is 11.6. The van der Waals surface area contributed by atoms with Crippen molar-refractivity contribution in [2.45, 2.75) is 33.1 Å². The van der Waals surface area contributed by atoms with Gasteiger partial charge in [0.05, 0.1) is 34.8 Å². The molecule has 0 aliphatic heterocycles. The molecule has 0 aliphatic rings. The third-order valence-corrected chi connectivity index (χ3v) is 5.59. The number of hydrogen-bond acceptors (Lipinski definition) is 5. The molecular weight excluding hydrogens is 440 g/mol. The quantitative estimate of drug-likeness (QED) is 0.248. The van der Waals surface area contributed by atoms with Crippen LogP contribution in [0.5, 0.6) is 11.5 Å². The van der Waals surface area contributed by atoms with E-state index in [9.17, 15) is 10.1 Å². The van der Waals surface area contributed by atoms with Gasteiger partial charge >= 0.3 is 6.03 Å². The van der Waals surface area contributed by atoms with E-state index in [1.807, 2.05) is 61.5 Å². The minimum Gasteiger partial charge on any atom is -0.457 e. The number of unbranched alkanes of at least 4 members (excludes halogenated alkanes) is 2. The topological polar surface area (TPSA) is 103 Å². The molecule has 0 bridgehead atoms. The van der Waals surface area contributed by atoms with E-state index < -0.39 is 0 Å². The summed E-state index contributed by atoms with van der Waals surface area (Å²) in [5.74, 6) is 1.46. The molecule has 4 rings (SSSR count). The van der Waals surface area contributed by atoms with Gasteiger partial charge in [0.25, 0.3) is 0 Å². The molecule has 0 fully saturated rings. The molecule has 0 unspecified atom stereocenters. The van der Waals surface area contributed by atoms with Crippen molar-refractivity contribution in [1.29, 1.82) is 5.26 Å². The van der Waals surface area contributed by atoms with Gasteiger partial charge in [-0.3, -0.25) is 0 Å². The van der Waals surface area contributed by atoms with Crippen LogP contribution in [-0.4, -0.2) is 22.2 Å². The second kappa shape index (κ2) is 11.1. The van der Waals surface area contributed by atoms with Gasteiger partial charge in [0.2, 0.25) is 0 Å². The fourth-order valence-corrected chi connectivity index (χ4v) is 3.74. The lowest BCUT2D eigenvalue weighted by molar-refractivity contribution is 0.252. The highest BCUT2D eigenvalue weighted by molar-refractivity contribution is 5.94. The van der Waals surface area contributed by atoms with E-state index in [0.29, 0.717) is 29.2 Å². The largest absolute Gasteiger partial charge is 0.457 e. The summed E-state index contributed by atoms with van der Waals surface area (Å²) in [4.78, 5) is 12.3. The minimum absolute atomic E-state index is 0.260. The predicted octanol–water partition coefficient (Wildman–Crippen LogP) is 6.36. The fourth-order valence-electron chi connectivity index (χ4n) is 3.74. The zero-order valence-corrected chi connectivity index (χ0v) is 19.8. The van der Waals surface area contributed by atoms with Gasteiger partial charge in [-0.2, -0.15) is 10.4 Å². The Morgan fingerprint density at radius 1 is 1.09 bits per heavy atom. The van der Waals surface area contributed by atoms with Crippen LogP contribution in [0.25, 0.3) is 5.52 Å². The first-order valence-electron chi connectivity index (χ1n) is 11.6. The average Bonchev–Trinajstić information content (AvgIpc) is 3.19. The number of carbonyl (C=O) groups excluding carboxylic acids is 1. The van der Waals surface area contributed by atoms with Crippen LogP contribution in [0.4, 0.5) is 21.9 Å². The van der Waals surface area contributed by atoms with Gasteiger partial charge in [-0.05, 0) is 49.7 Å². The summed E-state index contributed by atoms with van der Waals surface area (Å²) in [6.45, 7) is 4.64. The molecule has 0 aliphatic carbocycles. The number of benzene rings is 2.